The van der Waals surface area contributed by atoms with E-state index in [9.17, 15) is 4.79 Å². The zero-order chi connectivity index (χ0) is 20.2. The zero-order valence-corrected chi connectivity index (χ0v) is 16.4. The fraction of sp³-hybridized carbons (Fsp3) is 0.182. The minimum atomic E-state index is -0.0780. The maximum Gasteiger partial charge on any atom is 0.253 e. The van der Waals surface area contributed by atoms with Crippen LogP contribution in [0.15, 0.2) is 67.4 Å². The van der Waals surface area contributed by atoms with Gasteiger partial charge in [-0.1, -0.05) is 18.2 Å². The van der Waals surface area contributed by atoms with Gasteiger partial charge in [0.25, 0.3) is 5.91 Å². The summed E-state index contributed by atoms with van der Waals surface area (Å²) in [6, 6.07) is 15.6. The average Bonchev–Trinajstić information content (AvgIpc) is 3.38. The lowest BCUT2D eigenvalue weighted by molar-refractivity contribution is 0.0950. The third-order valence-electron chi connectivity index (χ3n) is 4.94. The van der Waals surface area contributed by atoms with Crippen LogP contribution in [-0.4, -0.2) is 30.2 Å². The Kier molecular flexibility index (Phi) is 5.20. The monoisotopic (exact) mass is 386 g/mol. The molecular weight excluding hydrogens is 364 g/mol. The number of amides is 1. The number of carbonyl (C=O) groups is 1. The van der Waals surface area contributed by atoms with E-state index in [2.05, 4.69) is 25.0 Å². The molecule has 4 rings (SSSR count). The molecule has 7 heteroatoms. The van der Waals surface area contributed by atoms with Crippen molar-refractivity contribution in [2.75, 3.05) is 0 Å². The number of carbonyl (C=O) groups excluding carboxylic acids is 1. The third-order valence-corrected chi connectivity index (χ3v) is 4.94. The highest BCUT2D eigenvalue weighted by Gasteiger charge is 2.16. The number of nitrogens with zero attached hydrogens (tertiary/aromatic N) is 5. The molecular formula is C22H22N6O. The largest absolute Gasteiger partial charge is 0.348 e. The SMILES string of the molecule is Cc1cc(C(=O)NCc2ccc(-n3cncn3)cc2)c(C)n1Cc1ccccn1. The minimum Gasteiger partial charge on any atom is -0.348 e. The number of aryl methyl sites for hydroxylation is 1. The van der Waals surface area contributed by atoms with Crippen molar-refractivity contribution in [2.45, 2.75) is 26.9 Å². The number of pyridine rings is 1. The van der Waals surface area contributed by atoms with E-state index in [0.717, 1.165) is 28.3 Å². The van der Waals surface area contributed by atoms with Crippen molar-refractivity contribution in [3.05, 3.63) is 95.6 Å². The highest BCUT2D eigenvalue weighted by Crippen LogP contribution is 2.17. The smallest absolute Gasteiger partial charge is 0.253 e. The molecule has 29 heavy (non-hydrogen) atoms. The molecule has 0 aliphatic carbocycles. The minimum absolute atomic E-state index is 0.0780. The standard InChI is InChI=1S/C22H22N6O/c1-16-11-21(17(2)27(16)13-19-5-3-4-10-24-19)22(29)25-12-18-6-8-20(9-7-18)28-15-23-14-26-28/h3-11,14-15H,12-13H2,1-2H3,(H,25,29). The first-order valence-corrected chi connectivity index (χ1v) is 9.40. The van der Waals surface area contributed by atoms with Crippen molar-refractivity contribution < 1.29 is 4.79 Å². The molecule has 1 amide bonds. The fourth-order valence-electron chi connectivity index (χ4n) is 3.31. The number of hydrogen-bond donors (Lipinski definition) is 1. The van der Waals surface area contributed by atoms with E-state index < -0.39 is 0 Å². The van der Waals surface area contributed by atoms with Gasteiger partial charge in [-0.2, -0.15) is 5.10 Å². The van der Waals surface area contributed by atoms with Gasteiger partial charge in [-0.05, 0) is 49.7 Å². The van der Waals surface area contributed by atoms with Crippen LogP contribution in [0.5, 0.6) is 0 Å². The van der Waals surface area contributed by atoms with Crippen LogP contribution in [0.3, 0.4) is 0 Å². The van der Waals surface area contributed by atoms with E-state index in [0.29, 0.717) is 18.7 Å². The predicted octanol–water partition coefficient (Wildman–Crippen LogP) is 3.06. The number of benzene rings is 1. The van der Waals surface area contributed by atoms with Crippen LogP contribution in [-0.2, 0) is 13.1 Å². The highest BCUT2D eigenvalue weighted by atomic mass is 16.1. The lowest BCUT2D eigenvalue weighted by atomic mass is 10.2. The van der Waals surface area contributed by atoms with Crippen LogP contribution in [0.4, 0.5) is 0 Å². The fourth-order valence-corrected chi connectivity index (χ4v) is 3.31. The zero-order valence-electron chi connectivity index (χ0n) is 16.4. The van der Waals surface area contributed by atoms with Gasteiger partial charge in [-0.25, -0.2) is 9.67 Å². The van der Waals surface area contributed by atoms with E-state index in [1.807, 2.05) is 62.4 Å². The summed E-state index contributed by atoms with van der Waals surface area (Å²) in [6.07, 6.45) is 4.93. The maximum atomic E-state index is 12.7. The molecule has 0 radical (unpaired) electrons. The van der Waals surface area contributed by atoms with Crippen molar-refractivity contribution in [1.82, 2.24) is 29.6 Å². The average molecular weight is 386 g/mol. The predicted molar refractivity (Wildman–Crippen MR) is 110 cm³/mol. The molecule has 0 fully saturated rings. The summed E-state index contributed by atoms with van der Waals surface area (Å²) in [7, 11) is 0. The molecule has 0 unspecified atom stereocenters. The van der Waals surface area contributed by atoms with Crippen LogP contribution in [0, 0.1) is 13.8 Å². The summed E-state index contributed by atoms with van der Waals surface area (Å²) in [6.45, 7) is 5.09. The van der Waals surface area contributed by atoms with E-state index >= 15 is 0 Å². The Morgan fingerprint density at radius 3 is 2.62 bits per heavy atom. The Bertz CT molecular complexity index is 1100. The molecule has 146 valence electrons. The van der Waals surface area contributed by atoms with Gasteiger partial charge in [0.2, 0.25) is 0 Å². The lowest BCUT2D eigenvalue weighted by Gasteiger charge is -2.10. The molecule has 7 nitrogen and oxygen atoms in total. The molecule has 0 aliphatic heterocycles. The third kappa shape index (κ3) is 4.08. The number of nitrogens with one attached hydrogen (secondary N) is 1. The van der Waals surface area contributed by atoms with Crippen LogP contribution < -0.4 is 5.32 Å². The molecule has 4 aromatic rings. The molecule has 0 saturated heterocycles. The summed E-state index contributed by atoms with van der Waals surface area (Å²) in [5.41, 5.74) is 5.58. The number of hydrogen-bond acceptors (Lipinski definition) is 4. The first-order valence-electron chi connectivity index (χ1n) is 9.40. The second-order valence-electron chi connectivity index (χ2n) is 6.88. The van der Waals surface area contributed by atoms with Crippen LogP contribution >= 0.6 is 0 Å². The van der Waals surface area contributed by atoms with E-state index in [-0.39, 0.29) is 5.91 Å². The Morgan fingerprint density at radius 2 is 1.93 bits per heavy atom. The summed E-state index contributed by atoms with van der Waals surface area (Å²) >= 11 is 0. The first-order chi connectivity index (χ1) is 14.1. The molecule has 0 spiro atoms. The lowest BCUT2D eigenvalue weighted by Crippen LogP contribution is -2.23. The summed E-state index contributed by atoms with van der Waals surface area (Å²) in [5, 5.41) is 7.12. The Labute approximate surface area is 169 Å². The Hall–Kier alpha value is -3.74. The normalized spacial score (nSPS) is 10.8. The molecule has 3 aromatic heterocycles. The van der Waals surface area contributed by atoms with Crippen LogP contribution in [0.25, 0.3) is 5.69 Å². The molecule has 3 heterocycles. The van der Waals surface area contributed by atoms with Gasteiger partial charge in [0.1, 0.15) is 12.7 Å². The van der Waals surface area contributed by atoms with Gasteiger partial charge in [0.05, 0.1) is 23.5 Å². The van der Waals surface area contributed by atoms with Crippen molar-refractivity contribution in [3.8, 4) is 5.69 Å². The van der Waals surface area contributed by atoms with Gasteiger partial charge >= 0.3 is 0 Å². The topological polar surface area (TPSA) is 77.6 Å². The van der Waals surface area contributed by atoms with E-state index in [4.69, 9.17) is 0 Å². The summed E-state index contributed by atoms with van der Waals surface area (Å²) in [4.78, 5) is 21.1. The highest BCUT2D eigenvalue weighted by molar-refractivity contribution is 5.95. The molecule has 1 N–H and O–H groups in total. The second kappa shape index (κ2) is 8.10. The Morgan fingerprint density at radius 1 is 1.10 bits per heavy atom. The van der Waals surface area contributed by atoms with Crippen molar-refractivity contribution in [1.29, 1.82) is 0 Å². The van der Waals surface area contributed by atoms with Gasteiger partial charge in [0, 0.05) is 24.1 Å². The molecule has 0 atom stereocenters. The van der Waals surface area contributed by atoms with Gasteiger partial charge in [-0.15, -0.1) is 0 Å². The summed E-state index contributed by atoms with van der Waals surface area (Å²) < 4.78 is 3.81. The molecule has 0 bridgehead atoms. The van der Waals surface area contributed by atoms with Crippen molar-refractivity contribution >= 4 is 5.91 Å². The van der Waals surface area contributed by atoms with Crippen LogP contribution in [0.1, 0.15) is 33.0 Å². The second-order valence-corrected chi connectivity index (χ2v) is 6.88. The first kappa shape index (κ1) is 18.6. The maximum absolute atomic E-state index is 12.7. The van der Waals surface area contributed by atoms with E-state index in [1.165, 1.54) is 6.33 Å². The van der Waals surface area contributed by atoms with Crippen LogP contribution in [0.2, 0.25) is 0 Å². The molecule has 0 aliphatic rings. The quantitative estimate of drug-likeness (QED) is 0.552. The molecule has 1 aromatic carbocycles. The van der Waals surface area contributed by atoms with Crippen molar-refractivity contribution in [2.24, 2.45) is 0 Å². The van der Waals surface area contributed by atoms with Gasteiger partial charge in [0.15, 0.2) is 0 Å². The van der Waals surface area contributed by atoms with Crippen molar-refractivity contribution in [3.63, 3.8) is 0 Å². The molecule has 0 saturated carbocycles. The number of rotatable bonds is 6. The van der Waals surface area contributed by atoms with E-state index in [1.54, 1.807) is 17.2 Å². The Balaban J connectivity index is 1.43. The van der Waals surface area contributed by atoms with Gasteiger partial charge < -0.3 is 9.88 Å². The number of aromatic nitrogens is 5. The van der Waals surface area contributed by atoms with Gasteiger partial charge in [-0.3, -0.25) is 9.78 Å². The summed E-state index contributed by atoms with van der Waals surface area (Å²) in [5.74, 6) is -0.0780.